The van der Waals surface area contributed by atoms with Gasteiger partial charge in [-0.1, -0.05) is 6.92 Å². The van der Waals surface area contributed by atoms with Gasteiger partial charge in [-0.25, -0.2) is 0 Å². The highest BCUT2D eigenvalue weighted by Crippen LogP contribution is 2.18. The van der Waals surface area contributed by atoms with Crippen LogP contribution < -0.4 is 10.6 Å². The Hall–Kier alpha value is -0.650. The van der Waals surface area contributed by atoms with Crippen LogP contribution in [0.25, 0.3) is 0 Å². The van der Waals surface area contributed by atoms with Gasteiger partial charge in [0.1, 0.15) is 0 Å². The molecule has 0 spiro atoms. The molecule has 0 aromatic heterocycles. The van der Waals surface area contributed by atoms with Crippen molar-refractivity contribution >= 4 is 5.91 Å². The Kier molecular flexibility index (Phi) is 5.41. The summed E-state index contributed by atoms with van der Waals surface area (Å²) in [6, 6.07) is 0.530. The van der Waals surface area contributed by atoms with E-state index in [4.69, 9.17) is 0 Å². The van der Waals surface area contributed by atoms with Crippen molar-refractivity contribution < 1.29 is 4.79 Å². The molecule has 2 aliphatic rings. The fraction of sp³-hybridized carbons (Fsp3) is 0.933. The van der Waals surface area contributed by atoms with Crippen LogP contribution in [-0.2, 0) is 4.79 Å². The number of likely N-dealkylation sites (N-methyl/N-ethyl adjacent to an activating group) is 1. The number of hydrogen-bond acceptors (Lipinski definition) is 4. The smallest absolute Gasteiger partial charge is 0.240 e. The average molecular weight is 282 g/mol. The summed E-state index contributed by atoms with van der Waals surface area (Å²) in [5, 5.41) is 6.52. The van der Waals surface area contributed by atoms with E-state index in [9.17, 15) is 4.79 Å². The summed E-state index contributed by atoms with van der Waals surface area (Å²) in [7, 11) is 0. The molecule has 2 saturated heterocycles. The van der Waals surface area contributed by atoms with E-state index in [1.165, 1.54) is 19.4 Å². The lowest BCUT2D eigenvalue weighted by molar-refractivity contribution is -0.132. The molecular weight excluding hydrogens is 252 g/mol. The number of piperazine rings is 1. The summed E-state index contributed by atoms with van der Waals surface area (Å²) in [5.74, 6) is 0.169. The molecule has 2 heterocycles. The maximum atomic E-state index is 12.5. The van der Waals surface area contributed by atoms with Crippen LogP contribution in [0.4, 0.5) is 0 Å². The largest absolute Gasteiger partial charge is 0.353 e. The van der Waals surface area contributed by atoms with E-state index in [0.717, 1.165) is 39.3 Å². The minimum Gasteiger partial charge on any atom is -0.353 e. The van der Waals surface area contributed by atoms with Crippen molar-refractivity contribution in [2.24, 2.45) is 0 Å². The third-order valence-electron chi connectivity index (χ3n) is 4.87. The van der Waals surface area contributed by atoms with Gasteiger partial charge in [0, 0.05) is 38.8 Å². The van der Waals surface area contributed by atoms with Crippen LogP contribution >= 0.6 is 0 Å². The van der Waals surface area contributed by atoms with Crippen molar-refractivity contribution in [1.82, 2.24) is 20.4 Å². The first-order valence-electron chi connectivity index (χ1n) is 8.04. The molecule has 0 bridgehead atoms. The van der Waals surface area contributed by atoms with E-state index in [2.05, 4.69) is 27.4 Å². The van der Waals surface area contributed by atoms with Crippen LogP contribution in [0.5, 0.6) is 0 Å². The van der Waals surface area contributed by atoms with E-state index in [1.807, 2.05) is 13.8 Å². The first-order valence-corrected chi connectivity index (χ1v) is 8.04. The van der Waals surface area contributed by atoms with Crippen LogP contribution in [0.3, 0.4) is 0 Å². The SMILES string of the molecule is CCN1CCCC1CNC(=O)C(C)(C)N1CCNCC1. The van der Waals surface area contributed by atoms with Gasteiger partial charge in [0.05, 0.1) is 5.54 Å². The van der Waals surface area contributed by atoms with Crippen LogP contribution in [0, 0.1) is 0 Å². The molecule has 0 aromatic carbocycles. The summed E-state index contributed by atoms with van der Waals surface area (Å²) in [4.78, 5) is 17.3. The van der Waals surface area contributed by atoms with E-state index in [1.54, 1.807) is 0 Å². The highest BCUT2D eigenvalue weighted by molar-refractivity contribution is 5.85. The Morgan fingerprint density at radius 2 is 2.00 bits per heavy atom. The van der Waals surface area contributed by atoms with Gasteiger partial charge in [-0.3, -0.25) is 14.6 Å². The van der Waals surface area contributed by atoms with E-state index in [-0.39, 0.29) is 5.91 Å². The Labute approximate surface area is 123 Å². The fourth-order valence-corrected chi connectivity index (χ4v) is 3.34. The minimum atomic E-state index is -0.405. The zero-order valence-corrected chi connectivity index (χ0v) is 13.2. The Balaban J connectivity index is 1.83. The number of amides is 1. The van der Waals surface area contributed by atoms with Gasteiger partial charge >= 0.3 is 0 Å². The number of carbonyl (C=O) groups is 1. The van der Waals surface area contributed by atoms with Crippen molar-refractivity contribution in [1.29, 1.82) is 0 Å². The zero-order chi connectivity index (χ0) is 14.6. The molecule has 0 saturated carbocycles. The summed E-state index contributed by atoms with van der Waals surface area (Å²) < 4.78 is 0. The average Bonchev–Trinajstić information content (AvgIpc) is 2.93. The number of likely N-dealkylation sites (tertiary alicyclic amines) is 1. The van der Waals surface area contributed by atoms with Gasteiger partial charge < -0.3 is 10.6 Å². The first-order chi connectivity index (χ1) is 9.55. The number of nitrogens with one attached hydrogen (secondary N) is 2. The second-order valence-corrected chi connectivity index (χ2v) is 6.43. The van der Waals surface area contributed by atoms with Gasteiger partial charge in [0.2, 0.25) is 5.91 Å². The van der Waals surface area contributed by atoms with Crippen molar-refractivity contribution in [3.63, 3.8) is 0 Å². The molecule has 5 heteroatoms. The Bertz CT molecular complexity index is 326. The highest BCUT2D eigenvalue weighted by Gasteiger charge is 2.35. The number of hydrogen-bond donors (Lipinski definition) is 2. The zero-order valence-electron chi connectivity index (χ0n) is 13.2. The van der Waals surface area contributed by atoms with E-state index in [0.29, 0.717) is 6.04 Å². The van der Waals surface area contributed by atoms with Crippen LogP contribution in [0.1, 0.15) is 33.6 Å². The van der Waals surface area contributed by atoms with E-state index >= 15 is 0 Å². The summed E-state index contributed by atoms with van der Waals surface area (Å²) in [6.07, 6.45) is 2.47. The lowest BCUT2D eigenvalue weighted by Gasteiger charge is -2.40. The van der Waals surface area contributed by atoms with Crippen LogP contribution in [0.15, 0.2) is 0 Å². The van der Waals surface area contributed by atoms with Gasteiger partial charge in [0.15, 0.2) is 0 Å². The monoisotopic (exact) mass is 282 g/mol. The number of nitrogens with zero attached hydrogens (tertiary/aromatic N) is 2. The molecule has 5 nitrogen and oxygen atoms in total. The molecule has 20 heavy (non-hydrogen) atoms. The summed E-state index contributed by atoms with van der Waals surface area (Å²) in [5.41, 5.74) is -0.405. The van der Waals surface area contributed by atoms with Crippen molar-refractivity contribution in [2.45, 2.75) is 45.2 Å². The van der Waals surface area contributed by atoms with Gasteiger partial charge in [-0.2, -0.15) is 0 Å². The second-order valence-electron chi connectivity index (χ2n) is 6.43. The van der Waals surface area contributed by atoms with Gasteiger partial charge in [-0.15, -0.1) is 0 Å². The van der Waals surface area contributed by atoms with Crippen molar-refractivity contribution in [3.05, 3.63) is 0 Å². The lowest BCUT2D eigenvalue weighted by atomic mass is 10.00. The highest BCUT2D eigenvalue weighted by atomic mass is 16.2. The topological polar surface area (TPSA) is 47.6 Å². The Morgan fingerprint density at radius 1 is 1.30 bits per heavy atom. The third-order valence-corrected chi connectivity index (χ3v) is 4.87. The molecule has 2 aliphatic heterocycles. The van der Waals surface area contributed by atoms with Gasteiger partial charge in [-0.05, 0) is 39.8 Å². The second kappa shape index (κ2) is 6.87. The predicted octanol–water partition coefficient (Wildman–Crippen LogP) is 0.271. The van der Waals surface area contributed by atoms with Crippen molar-refractivity contribution in [3.8, 4) is 0 Å². The maximum absolute atomic E-state index is 12.5. The normalized spacial score (nSPS) is 25.9. The molecule has 2 N–H and O–H groups in total. The minimum absolute atomic E-state index is 0.169. The first kappa shape index (κ1) is 15.7. The van der Waals surface area contributed by atoms with Crippen molar-refractivity contribution in [2.75, 3.05) is 45.8 Å². The van der Waals surface area contributed by atoms with Crippen LogP contribution in [0.2, 0.25) is 0 Å². The predicted molar refractivity (Wildman–Crippen MR) is 81.8 cm³/mol. The summed E-state index contributed by atoms with van der Waals surface area (Å²) >= 11 is 0. The lowest BCUT2D eigenvalue weighted by Crippen LogP contribution is -2.60. The molecule has 1 unspecified atom stereocenters. The molecule has 2 fully saturated rings. The van der Waals surface area contributed by atoms with Gasteiger partial charge in [0.25, 0.3) is 0 Å². The standard InChI is InChI=1S/C15H30N4O/c1-4-18-9-5-6-13(18)12-17-14(20)15(2,3)19-10-7-16-8-11-19/h13,16H,4-12H2,1-3H3,(H,17,20). The van der Waals surface area contributed by atoms with E-state index < -0.39 is 5.54 Å². The number of rotatable bonds is 5. The summed E-state index contributed by atoms with van der Waals surface area (Å²) in [6.45, 7) is 13.2. The quantitative estimate of drug-likeness (QED) is 0.760. The molecular formula is C15H30N4O. The molecule has 0 aliphatic carbocycles. The van der Waals surface area contributed by atoms with Crippen LogP contribution in [-0.4, -0.2) is 73.1 Å². The molecule has 1 amide bonds. The molecule has 2 rings (SSSR count). The number of carbonyl (C=O) groups excluding carboxylic acids is 1. The molecule has 1 atom stereocenters. The molecule has 0 aromatic rings. The Morgan fingerprint density at radius 3 is 2.65 bits per heavy atom. The fourth-order valence-electron chi connectivity index (χ4n) is 3.34. The third kappa shape index (κ3) is 3.51. The molecule has 0 radical (unpaired) electrons. The molecule has 116 valence electrons. The maximum Gasteiger partial charge on any atom is 0.240 e.